The molecule has 0 fully saturated rings. The van der Waals surface area contributed by atoms with Gasteiger partial charge in [-0.25, -0.2) is 4.79 Å². The number of rotatable bonds is 8. The van der Waals surface area contributed by atoms with Crippen LogP contribution in [0.3, 0.4) is 0 Å². The van der Waals surface area contributed by atoms with Crippen LogP contribution < -0.4 is 20.8 Å². The third-order valence-electron chi connectivity index (χ3n) is 5.64. The van der Waals surface area contributed by atoms with Crippen molar-refractivity contribution in [3.63, 3.8) is 0 Å². The molecule has 0 saturated heterocycles. The Morgan fingerprint density at radius 2 is 1.94 bits per heavy atom. The Balaban J connectivity index is 1.48. The van der Waals surface area contributed by atoms with Crippen LogP contribution in [0, 0.1) is 0 Å². The number of carboxylic acid groups (broad SMARTS) is 1. The fourth-order valence-corrected chi connectivity index (χ4v) is 3.87. The Bertz CT molecular complexity index is 1440. The summed E-state index contributed by atoms with van der Waals surface area (Å²) >= 11 is 0. The van der Waals surface area contributed by atoms with E-state index < -0.39 is 29.6 Å². The number of hydrogen-bond donors (Lipinski definition) is 3. The molecule has 4 aromatic rings. The third kappa shape index (κ3) is 4.73. The lowest BCUT2D eigenvalue weighted by Crippen LogP contribution is -2.52. The van der Waals surface area contributed by atoms with Gasteiger partial charge in [0, 0.05) is 41.0 Å². The van der Waals surface area contributed by atoms with Gasteiger partial charge < -0.3 is 34.5 Å². The van der Waals surface area contributed by atoms with Crippen molar-refractivity contribution >= 4 is 33.7 Å². The Morgan fingerprint density at radius 1 is 1.15 bits per heavy atom. The van der Waals surface area contributed by atoms with E-state index in [9.17, 15) is 24.6 Å². The van der Waals surface area contributed by atoms with E-state index >= 15 is 0 Å². The molecule has 2 aromatic heterocycles. The molecule has 4 rings (SSSR count). The Labute approximate surface area is 194 Å². The van der Waals surface area contributed by atoms with Gasteiger partial charge in [-0.05, 0) is 54.8 Å². The first-order valence-electron chi connectivity index (χ1n) is 10.8. The highest BCUT2D eigenvalue weighted by Gasteiger charge is 2.22. The molecule has 2 heterocycles. The van der Waals surface area contributed by atoms with Gasteiger partial charge in [0.2, 0.25) is 0 Å². The number of phenolic OH excluding ortho intramolecular Hbond substituents is 1. The van der Waals surface area contributed by atoms with Gasteiger partial charge in [0.05, 0.1) is 12.0 Å². The summed E-state index contributed by atoms with van der Waals surface area (Å²) in [5.74, 6) is -1.76. The van der Waals surface area contributed by atoms with Gasteiger partial charge >= 0.3 is 5.63 Å². The highest BCUT2D eigenvalue weighted by molar-refractivity contribution is 5.88. The monoisotopic (exact) mass is 463 g/mol. The van der Waals surface area contributed by atoms with Crippen LogP contribution in [0.5, 0.6) is 11.5 Å². The number of hydrogen-bond acceptors (Lipinski definition) is 7. The summed E-state index contributed by atoms with van der Waals surface area (Å²) in [5, 5.41) is 25.3. The molecule has 1 amide bonds. The number of carboxylic acids is 1. The first kappa shape index (κ1) is 22.9. The number of H-pyrrole nitrogens is 1. The molecule has 9 heteroatoms. The summed E-state index contributed by atoms with van der Waals surface area (Å²) in [5.41, 5.74) is 2.03. The number of aromatic amines is 1. The van der Waals surface area contributed by atoms with Crippen molar-refractivity contribution in [2.45, 2.75) is 38.8 Å². The average Bonchev–Trinajstić information content (AvgIpc) is 3.19. The smallest absolute Gasteiger partial charge is 0.336 e. The summed E-state index contributed by atoms with van der Waals surface area (Å²) < 4.78 is 10.9. The van der Waals surface area contributed by atoms with E-state index in [1.54, 1.807) is 24.4 Å². The lowest BCUT2D eigenvalue weighted by Gasteiger charge is -2.22. The molecular weight excluding hydrogens is 440 g/mol. The van der Waals surface area contributed by atoms with E-state index in [-0.39, 0.29) is 12.2 Å². The zero-order valence-electron chi connectivity index (χ0n) is 18.6. The minimum Gasteiger partial charge on any atom is -0.548 e. The van der Waals surface area contributed by atoms with Crippen molar-refractivity contribution in [2.24, 2.45) is 0 Å². The van der Waals surface area contributed by atoms with E-state index in [1.807, 2.05) is 6.92 Å². The SMILES string of the molecule is CCc1cc(=O)oc2cc(O[C@H](C)C(=O)N[C@@H](Cc3c[nH]c4ccc(O)cc34)C(=O)[O-])ccc12. The molecule has 3 N–H and O–H groups in total. The highest BCUT2D eigenvalue weighted by atomic mass is 16.5. The Hall–Kier alpha value is -4.27. The van der Waals surface area contributed by atoms with Crippen LogP contribution in [0.2, 0.25) is 0 Å². The summed E-state index contributed by atoms with van der Waals surface area (Å²) in [6, 6.07) is 9.74. The van der Waals surface area contributed by atoms with Crippen molar-refractivity contribution in [3.05, 3.63) is 70.2 Å². The number of phenols is 1. The van der Waals surface area contributed by atoms with Gasteiger partial charge in [0.15, 0.2) is 6.10 Å². The van der Waals surface area contributed by atoms with Crippen molar-refractivity contribution in [3.8, 4) is 11.5 Å². The van der Waals surface area contributed by atoms with E-state index in [0.717, 1.165) is 16.5 Å². The van der Waals surface area contributed by atoms with Gasteiger partial charge in [0.25, 0.3) is 5.91 Å². The van der Waals surface area contributed by atoms with E-state index in [2.05, 4.69) is 10.3 Å². The fourth-order valence-electron chi connectivity index (χ4n) is 3.87. The maximum Gasteiger partial charge on any atom is 0.336 e. The summed E-state index contributed by atoms with van der Waals surface area (Å²) in [6.45, 7) is 3.41. The molecule has 176 valence electrons. The molecule has 34 heavy (non-hydrogen) atoms. The average molecular weight is 463 g/mol. The van der Waals surface area contributed by atoms with Crippen molar-refractivity contribution in [1.82, 2.24) is 10.3 Å². The number of amides is 1. The third-order valence-corrected chi connectivity index (χ3v) is 5.64. The zero-order valence-corrected chi connectivity index (χ0v) is 18.6. The van der Waals surface area contributed by atoms with Crippen LogP contribution >= 0.6 is 0 Å². The number of aliphatic carboxylic acids is 1. The van der Waals surface area contributed by atoms with Crippen molar-refractivity contribution in [1.29, 1.82) is 0 Å². The first-order valence-corrected chi connectivity index (χ1v) is 10.8. The standard InChI is InChI=1S/C25H24N2O7/c1-3-14-9-23(29)34-22-11-17(5-6-18(14)22)33-13(2)24(30)27-21(25(31)32)8-15-12-26-20-7-4-16(28)10-19(15)20/h4-7,9-13,21,26,28H,3,8H2,1-2H3,(H,27,30)(H,31,32)/p-1/t13-,21+/m1/s1. The number of aromatic nitrogens is 1. The van der Waals surface area contributed by atoms with Crippen LogP contribution in [0.4, 0.5) is 0 Å². The van der Waals surface area contributed by atoms with E-state index in [1.165, 1.54) is 31.2 Å². The van der Waals surface area contributed by atoms with Gasteiger partial charge in [-0.15, -0.1) is 0 Å². The molecule has 0 unspecified atom stereocenters. The number of carbonyl (C=O) groups is 2. The second-order valence-electron chi connectivity index (χ2n) is 7.99. The maximum absolute atomic E-state index is 12.7. The summed E-state index contributed by atoms with van der Waals surface area (Å²) in [6.07, 6.45) is 1.19. The molecule has 0 aliphatic carbocycles. The number of nitrogens with one attached hydrogen (secondary N) is 2. The van der Waals surface area contributed by atoms with Crippen LogP contribution in [-0.4, -0.2) is 34.1 Å². The molecular formula is C25H23N2O7-. The van der Waals surface area contributed by atoms with Crippen molar-refractivity contribution in [2.75, 3.05) is 0 Å². The second kappa shape index (κ2) is 9.30. The predicted octanol–water partition coefficient (Wildman–Crippen LogP) is 1.79. The molecule has 9 nitrogen and oxygen atoms in total. The topological polar surface area (TPSA) is 145 Å². The van der Waals surface area contributed by atoms with Crippen molar-refractivity contribution < 1.29 is 29.0 Å². The molecule has 2 atom stereocenters. The minimum absolute atomic E-state index is 0.0432. The Kier molecular flexibility index (Phi) is 6.27. The van der Waals surface area contributed by atoms with Crippen LogP contribution in [-0.2, 0) is 22.4 Å². The zero-order chi connectivity index (χ0) is 24.4. The number of fused-ring (bicyclic) bond motifs is 2. The molecule has 0 bridgehead atoms. The number of ether oxygens (including phenoxy) is 1. The lowest BCUT2D eigenvalue weighted by atomic mass is 10.0. The van der Waals surface area contributed by atoms with Crippen LogP contribution in [0.25, 0.3) is 21.9 Å². The molecule has 2 aromatic carbocycles. The highest BCUT2D eigenvalue weighted by Crippen LogP contribution is 2.25. The van der Waals surface area contributed by atoms with E-state index in [0.29, 0.717) is 28.7 Å². The molecule has 0 spiro atoms. The first-order chi connectivity index (χ1) is 16.2. The molecule has 0 aliphatic heterocycles. The molecule has 0 aliphatic rings. The minimum atomic E-state index is -1.45. The quantitative estimate of drug-likeness (QED) is 0.338. The summed E-state index contributed by atoms with van der Waals surface area (Å²) in [7, 11) is 0. The molecule has 0 radical (unpaired) electrons. The van der Waals surface area contributed by atoms with Gasteiger partial charge in [-0.1, -0.05) is 6.92 Å². The largest absolute Gasteiger partial charge is 0.548 e. The normalized spacial score (nSPS) is 13.0. The number of benzene rings is 2. The van der Waals surface area contributed by atoms with Gasteiger partial charge in [-0.2, -0.15) is 0 Å². The second-order valence-corrected chi connectivity index (χ2v) is 7.99. The van der Waals surface area contributed by atoms with Gasteiger partial charge in [-0.3, -0.25) is 4.79 Å². The molecule has 0 saturated carbocycles. The maximum atomic E-state index is 12.7. The van der Waals surface area contributed by atoms with Crippen LogP contribution in [0.15, 0.2) is 57.9 Å². The predicted molar refractivity (Wildman–Crippen MR) is 123 cm³/mol. The Morgan fingerprint density at radius 3 is 2.68 bits per heavy atom. The van der Waals surface area contributed by atoms with E-state index in [4.69, 9.17) is 9.15 Å². The summed E-state index contributed by atoms with van der Waals surface area (Å²) in [4.78, 5) is 39.2. The van der Waals surface area contributed by atoms with Gasteiger partial charge in [0.1, 0.15) is 17.1 Å². The number of aryl methyl sites for hydroxylation is 1. The number of aromatic hydroxyl groups is 1. The van der Waals surface area contributed by atoms with Crippen LogP contribution in [0.1, 0.15) is 25.0 Å². The number of carbonyl (C=O) groups excluding carboxylic acids is 2. The fraction of sp³-hybridized carbons (Fsp3) is 0.240. The lowest BCUT2D eigenvalue weighted by molar-refractivity contribution is -0.308.